The van der Waals surface area contributed by atoms with Gasteiger partial charge in [0.1, 0.15) is 0 Å². The van der Waals surface area contributed by atoms with Crippen LogP contribution in [0.25, 0.3) is 0 Å². The lowest BCUT2D eigenvalue weighted by molar-refractivity contribution is -0.130. The number of nitrogens with zero attached hydrogens (tertiary/aromatic N) is 1. The molecule has 1 aliphatic rings. The number of amides is 1. The summed E-state index contributed by atoms with van der Waals surface area (Å²) >= 11 is 11.8. The van der Waals surface area contributed by atoms with Crippen LogP contribution in [0.2, 0.25) is 10.0 Å². The van der Waals surface area contributed by atoms with Crippen LogP contribution in [0.15, 0.2) is 18.2 Å². The van der Waals surface area contributed by atoms with E-state index in [1.165, 1.54) is 0 Å². The Hall–Kier alpha value is -0.930. The van der Waals surface area contributed by atoms with Crippen LogP contribution in [0.1, 0.15) is 19.8 Å². The van der Waals surface area contributed by atoms with E-state index >= 15 is 0 Å². The Kier molecular flexibility index (Phi) is 4.94. The van der Waals surface area contributed by atoms with Crippen LogP contribution in [-0.4, -0.2) is 30.4 Å². The van der Waals surface area contributed by atoms with Gasteiger partial charge in [-0.15, -0.1) is 0 Å². The molecule has 19 heavy (non-hydrogen) atoms. The predicted molar refractivity (Wildman–Crippen MR) is 79.9 cm³/mol. The van der Waals surface area contributed by atoms with Gasteiger partial charge in [0.05, 0.1) is 16.6 Å². The number of nitrogens with one attached hydrogen (secondary N) is 1. The third-order valence-corrected chi connectivity index (χ3v) is 4.24. The lowest BCUT2D eigenvalue weighted by Gasteiger charge is -2.30. The number of likely N-dealkylation sites (tertiary alicyclic amines) is 1. The molecule has 1 aromatic carbocycles. The van der Waals surface area contributed by atoms with Crippen molar-refractivity contribution in [2.75, 3.05) is 25.0 Å². The standard InChI is InChI=1S/C14H18Cl2N2O/c1-10-4-6-18(7-5-10)14(19)9-17-11-2-3-12(15)13(16)8-11/h2-3,8,10,17H,4-7,9H2,1H3. The molecular formula is C14H18Cl2N2O. The Morgan fingerprint density at radius 2 is 2.00 bits per heavy atom. The average molecular weight is 301 g/mol. The monoisotopic (exact) mass is 300 g/mol. The number of benzene rings is 1. The number of hydrogen-bond donors (Lipinski definition) is 1. The van der Waals surface area contributed by atoms with E-state index in [1.54, 1.807) is 12.1 Å². The van der Waals surface area contributed by atoms with Gasteiger partial charge in [0.15, 0.2) is 0 Å². The van der Waals surface area contributed by atoms with Gasteiger partial charge in [-0.3, -0.25) is 4.79 Å². The molecule has 0 aromatic heterocycles. The fourth-order valence-electron chi connectivity index (χ4n) is 2.15. The van der Waals surface area contributed by atoms with Crippen molar-refractivity contribution >= 4 is 34.8 Å². The fourth-order valence-corrected chi connectivity index (χ4v) is 2.45. The lowest BCUT2D eigenvalue weighted by atomic mass is 9.99. The van der Waals surface area contributed by atoms with Gasteiger partial charge in [0, 0.05) is 18.8 Å². The molecule has 3 nitrogen and oxygen atoms in total. The highest BCUT2D eigenvalue weighted by Gasteiger charge is 2.19. The number of anilines is 1. The van der Waals surface area contributed by atoms with E-state index < -0.39 is 0 Å². The first-order valence-electron chi connectivity index (χ1n) is 6.53. The molecule has 0 aliphatic carbocycles. The average Bonchev–Trinajstić information content (AvgIpc) is 2.40. The molecule has 0 bridgehead atoms. The Morgan fingerprint density at radius 3 is 2.63 bits per heavy atom. The third-order valence-electron chi connectivity index (χ3n) is 3.50. The molecule has 0 saturated carbocycles. The molecule has 1 heterocycles. The minimum Gasteiger partial charge on any atom is -0.376 e. The van der Waals surface area contributed by atoms with E-state index in [9.17, 15) is 4.79 Å². The summed E-state index contributed by atoms with van der Waals surface area (Å²) in [6, 6.07) is 5.27. The highest BCUT2D eigenvalue weighted by atomic mass is 35.5. The van der Waals surface area contributed by atoms with Gasteiger partial charge < -0.3 is 10.2 Å². The maximum atomic E-state index is 12.0. The summed E-state index contributed by atoms with van der Waals surface area (Å²) in [6.07, 6.45) is 2.19. The van der Waals surface area contributed by atoms with Crippen LogP contribution >= 0.6 is 23.2 Å². The van der Waals surface area contributed by atoms with Crippen molar-refractivity contribution in [2.24, 2.45) is 5.92 Å². The van der Waals surface area contributed by atoms with E-state index in [4.69, 9.17) is 23.2 Å². The first kappa shape index (κ1) is 14.5. The van der Waals surface area contributed by atoms with Crippen LogP contribution in [0.5, 0.6) is 0 Å². The zero-order chi connectivity index (χ0) is 13.8. The van der Waals surface area contributed by atoms with E-state index in [-0.39, 0.29) is 5.91 Å². The molecule has 1 fully saturated rings. The molecule has 104 valence electrons. The summed E-state index contributed by atoms with van der Waals surface area (Å²) in [4.78, 5) is 14.0. The van der Waals surface area contributed by atoms with Gasteiger partial charge in [-0.05, 0) is 37.0 Å². The van der Waals surface area contributed by atoms with Crippen molar-refractivity contribution in [3.05, 3.63) is 28.2 Å². The van der Waals surface area contributed by atoms with Gasteiger partial charge in [-0.2, -0.15) is 0 Å². The van der Waals surface area contributed by atoms with E-state index in [0.717, 1.165) is 37.5 Å². The largest absolute Gasteiger partial charge is 0.376 e. The van der Waals surface area contributed by atoms with Gasteiger partial charge in [0.25, 0.3) is 0 Å². The molecule has 1 N–H and O–H groups in total. The zero-order valence-corrected chi connectivity index (χ0v) is 12.5. The maximum absolute atomic E-state index is 12.0. The number of rotatable bonds is 3. The topological polar surface area (TPSA) is 32.3 Å². The van der Waals surface area contributed by atoms with Gasteiger partial charge in [-0.25, -0.2) is 0 Å². The minimum atomic E-state index is 0.137. The van der Waals surface area contributed by atoms with Crippen molar-refractivity contribution in [1.29, 1.82) is 0 Å². The molecule has 0 spiro atoms. The number of carbonyl (C=O) groups excluding carboxylic acids is 1. The summed E-state index contributed by atoms with van der Waals surface area (Å²) in [5.74, 6) is 0.866. The van der Waals surface area contributed by atoms with Gasteiger partial charge in [-0.1, -0.05) is 30.1 Å². The molecular weight excluding hydrogens is 283 g/mol. The normalized spacial score (nSPS) is 16.5. The van der Waals surface area contributed by atoms with Crippen LogP contribution in [-0.2, 0) is 4.79 Å². The lowest BCUT2D eigenvalue weighted by Crippen LogP contribution is -2.40. The first-order chi connectivity index (χ1) is 9.06. The number of piperidine rings is 1. The van der Waals surface area contributed by atoms with Gasteiger partial charge >= 0.3 is 0 Å². The highest BCUT2D eigenvalue weighted by molar-refractivity contribution is 6.42. The van der Waals surface area contributed by atoms with Crippen LogP contribution in [0, 0.1) is 5.92 Å². The van der Waals surface area contributed by atoms with Crippen molar-refractivity contribution < 1.29 is 4.79 Å². The second-order valence-electron chi connectivity index (χ2n) is 5.05. The summed E-state index contributed by atoms with van der Waals surface area (Å²) < 4.78 is 0. The SMILES string of the molecule is CC1CCN(C(=O)CNc2ccc(Cl)c(Cl)c2)CC1. The molecule has 0 unspecified atom stereocenters. The second-order valence-corrected chi connectivity index (χ2v) is 5.86. The predicted octanol–water partition coefficient (Wildman–Crippen LogP) is 3.66. The molecule has 1 saturated heterocycles. The summed E-state index contributed by atoms with van der Waals surface area (Å²) in [5, 5.41) is 4.10. The van der Waals surface area contributed by atoms with Crippen molar-refractivity contribution in [3.63, 3.8) is 0 Å². The van der Waals surface area contributed by atoms with Crippen LogP contribution < -0.4 is 5.32 Å². The van der Waals surface area contributed by atoms with E-state index in [2.05, 4.69) is 12.2 Å². The Bertz CT molecular complexity index is 457. The summed E-state index contributed by atoms with van der Waals surface area (Å²) in [7, 11) is 0. The van der Waals surface area contributed by atoms with Crippen molar-refractivity contribution in [3.8, 4) is 0 Å². The number of hydrogen-bond acceptors (Lipinski definition) is 2. The van der Waals surface area contributed by atoms with Crippen LogP contribution in [0.4, 0.5) is 5.69 Å². The van der Waals surface area contributed by atoms with Gasteiger partial charge in [0.2, 0.25) is 5.91 Å². The molecule has 5 heteroatoms. The molecule has 0 atom stereocenters. The maximum Gasteiger partial charge on any atom is 0.241 e. The molecule has 1 aromatic rings. The zero-order valence-electron chi connectivity index (χ0n) is 11.0. The third kappa shape index (κ3) is 4.02. The number of halogens is 2. The van der Waals surface area contributed by atoms with Crippen molar-refractivity contribution in [2.45, 2.75) is 19.8 Å². The quantitative estimate of drug-likeness (QED) is 0.924. The molecule has 0 radical (unpaired) electrons. The Balaban J connectivity index is 1.84. The van der Waals surface area contributed by atoms with E-state index in [0.29, 0.717) is 16.6 Å². The fraction of sp³-hybridized carbons (Fsp3) is 0.500. The minimum absolute atomic E-state index is 0.137. The highest BCUT2D eigenvalue weighted by Crippen LogP contribution is 2.25. The smallest absolute Gasteiger partial charge is 0.241 e. The Labute approximate surface area is 123 Å². The Morgan fingerprint density at radius 1 is 1.32 bits per heavy atom. The molecule has 1 amide bonds. The molecule has 2 rings (SSSR count). The second kappa shape index (κ2) is 6.49. The van der Waals surface area contributed by atoms with Crippen LogP contribution in [0.3, 0.4) is 0 Å². The number of carbonyl (C=O) groups is 1. The van der Waals surface area contributed by atoms with Crippen molar-refractivity contribution in [1.82, 2.24) is 4.90 Å². The van der Waals surface area contributed by atoms with E-state index in [1.807, 2.05) is 11.0 Å². The molecule has 1 aliphatic heterocycles. The first-order valence-corrected chi connectivity index (χ1v) is 7.28. The summed E-state index contributed by atoms with van der Waals surface area (Å²) in [6.45, 7) is 4.26. The summed E-state index contributed by atoms with van der Waals surface area (Å²) in [5.41, 5.74) is 0.813.